The lowest BCUT2D eigenvalue weighted by molar-refractivity contribution is 0.402. The summed E-state index contributed by atoms with van der Waals surface area (Å²) in [6.45, 7) is 11.5. The van der Waals surface area contributed by atoms with E-state index in [4.69, 9.17) is 5.84 Å². The number of sulfonamides is 1. The van der Waals surface area contributed by atoms with Crippen LogP contribution >= 0.6 is 0 Å². The van der Waals surface area contributed by atoms with Crippen LogP contribution in [0.15, 0.2) is 71.3 Å². The molecule has 1 atom stereocenters. The maximum atomic E-state index is 13.5. The first-order valence-corrected chi connectivity index (χ1v) is 14.3. The number of hydrogen-bond acceptors (Lipinski definition) is 4. The fourth-order valence-electron chi connectivity index (χ4n) is 5.10. The molecule has 3 aromatic carbocycles. The van der Waals surface area contributed by atoms with Crippen molar-refractivity contribution in [2.45, 2.75) is 64.3 Å². The quantitative estimate of drug-likeness (QED) is 0.297. The van der Waals surface area contributed by atoms with E-state index in [0.717, 1.165) is 16.5 Å². The Labute approximate surface area is 222 Å². The second-order valence-corrected chi connectivity index (χ2v) is 12.7. The van der Waals surface area contributed by atoms with Crippen LogP contribution in [-0.4, -0.2) is 31.8 Å². The number of benzene rings is 3. The highest BCUT2D eigenvalue weighted by molar-refractivity contribution is 7.89. The van der Waals surface area contributed by atoms with Gasteiger partial charge in [-0.3, -0.25) is 0 Å². The molecule has 196 valence electrons. The van der Waals surface area contributed by atoms with E-state index < -0.39 is 10.0 Å². The van der Waals surface area contributed by atoms with Gasteiger partial charge >= 0.3 is 0 Å². The number of aryl methyl sites for hydroxylation is 2. The molecule has 4 rings (SSSR count). The standard InChI is InChI=1S/C31H39N3O2S/c1-20(2)29-16-26(25-11-8-21(3)22(4)14-25)17-30-23(5)15-27(18-31(29)30)34(32)37(35,36)28-12-9-24(10-13-28)19-33(6)7/h8-17,20,23H,18-19,32H2,1-7H3. The Kier molecular flexibility index (Phi) is 7.65. The van der Waals surface area contributed by atoms with Gasteiger partial charge in [0.1, 0.15) is 0 Å². The van der Waals surface area contributed by atoms with Crippen LogP contribution in [0.2, 0.25) is 0 Å². The summed E-state index contributed by atoms with van der Waals surface area (Å²) in [5, 5.41) is 0. The Morgan fingerprint density at radius 3 is 2.22 bits per heavy atom. The molecule has 0 spiro atoms. The topological polar surface area (TPSA) is 66.6 Å². The highest BCUT2D eigenvalue weighted by atomic mass is 32.2. The minimum absolute atomic E-state index is 0.0338. The van der Waals surface area contributed by atoms with Crippen molar-refractivity contribution in [3.05, 3.63) is 99.8 Å². The van der Waals surface area contributed by atoms with Crippen LogP contribution in [0.4, 0.5) is 0 Å². The summed E-state index contributed by atoms with van der Waals surface area (Å²) in [6, 6.07) is 18.1. The molecule has 0 amide bonds. The largest absolute Gasteiger partial charge is 0.305 e. The number of hydrogen-bond donors (Lipinski definition) is 1. The third-order valence-corrected chi connectivity index (χ3v) is 8.95. The van der Waals surface area contributed by atoms with E-state index in [2.05, 4.69) is 65.0 Å². The van der Waals surface area contributed by atoms with Crippen molar-refractivity contribution >= 4 is 10.0 Å². The van der Waals surface area contributed by atoms with E-state index in [1.165, 1.54) is 38.9 Å². The minimum Gasteiger partial charge on any atom is -0.305 e. The van der Waals surface area contributed by atoms with Crippen LogP contribution in [0.25, 0.3) is 11.1 Å². The van der Waals surface area contributed by atoms with Crippen molar-refractivity contribution in [2.24, 2.45) is 5.84 Å². The summed E-state index contributed by atoms with van der Waals surface area (Å²) >= 11 is 0. The molecule has 0 aliphatic heterocycles. The van der Waals surface area contributed by atoms with Crippen LogP contribution in [0.3, 0.4) is 0 Å². The SMILES string of the molecule is Cc1ccc(-c2cc(C(C)C)c3c(c2)C(C)C=C(N(N)S(=O)(=O)c2ccc(CN(C)C)cc2)C3)cc1C. The molecule has 5 nitrogen and oxygen atoms in total. The number of rotatable bonds is 7. The number of hydrazine groups is 1. The normalized spacial score (nSPS) is 15.6. The molecule has 3 aromatic rings. The molecule has 0 aromatic heterocycles. The first kappa shape index (κ1) is 27.1. The second kappa shape index (κ2) is 10.4. The van der Waals surface area contributed by atoms with Gasteiger partial charge in [0.2, 0.25) is 0 Å². The van der Waals surface area contributed by atoms with Gasteiger partial charge in [-0.1, -0.05) is 69.3 Å². The zero-order chi connectivity index (χ0) is 27.1. The van der Waals surface area contributed by atoms with Crippen molar-refractivity contribution in [3.63, 3.8) is 0 Å². The zero-order valence-corrected chi connectivity index (χ0v) is 23.9. The van der Waals surface area contributed by atoms with Crippen LogP contribution in [0.1, 0.15) is 66.0 Å². The molecule has 0 heterocycles. The summed E-state index contributed by atoms with van der Waals surface area (Å²) in [5.74, 6) is 6.67. The lowest BCUT2D eigenvalue weighted by Gasteiger charge is -2.31. The number of nitrogens with zero attached hydrogens (tertiary/aromatic N) is 2. The molecule has 2 N–H and O–H groups in total. The van der Waals surface area contributed by atoms with E-state index in [1.54, 1.807) is 12.1 Å². The van der Waals surface area contributed by atoms with Crippen LogP contribution in [0, 0.1) is 13.8 Å². The molecule has 0 saturated heterocycles. The number of nitrogens with two attached hydrogens (primary N) is 1. The van der Waals surface area contributed by atoms with E-state index in [0.29, 0.717) is 18.0 Å². The average molecular weight is 518 g/mol. The number of allylic oxidation sites excluding steroid dienone is 2. The molecular formula is C31H39N3O2S. The molecule has 0 fully saturated rings. The monoisotopic (exact) mass is 517 g/mol. The lowest BCUT2D eigenvalue weighted by Crippen LogP contribution is -2.38. The first-order chi connectivity index (χ1) is 17.4. The summed E-state index contributed by atoms with van der Waals surface area (Å²) < 4.78 is 27.9. The predicted octanol–water partition coefficient (Wildman–Crippen LogP) is 6.26. The van der Waals surface area contributed by atoms with Gasteiger partial charge in [-0.05, 0) is 90.5 Å². The van der Waals surface area contributed by atoms with Gasteiger partial charge in [-0.2, -0.15) is 8.42 Å². The van der Waals surface area contributed by atoms with Gasteiger partial charge in [0.15, 0.2) is 0 Å². The first-order valence-electron chi connectivity index (χ1n) is 12.9. The maximum absolute atomic E-state index is 13.5. The predicted molar refractivity (Wildman–Crippen MR) is 153 cm³/mol. The van der Waals surface area contributed by atoms with Crippen molar-refractivity contribution in [2.75, 3.05) is 14.1 Å². The summed E-state index contributed by atoms with van der Waals surface area (Å²) in [5.41, 5.74) is 10.3. The molecule has 1 aliphatic carbocycles. The molecule has 0 radical (unpaired) electrons. The maximum Gasteiger partial charge on any atom is 0.277 e. The Morgan fingerprint density at radius 1 is 0.946 bits per heavy atom. The third kappa shape index (κ3) is 5.52. The Bertz CT molecular complexity index is 1440. The van der Waals surface area contributed by atoms with Gasteiger partial charge in [0.05, 0.1) is 4.90 Å². The van der Waals surface area contributed by atoms with Crippen molar-refractivity contribution in [1.29, 1.82) is 0 Å². The lowest BCUT2D eigenvalue weighted by atomic mass is 9.80. The molecule has 1 unspecified atom stereocenters. The second-order valence-electron chi connectivity index (χ2n) is 10.9. The number of fused-ring (bicyclic) bond motifs is 1. The van der Waals surface area contributed by atoms with Gasteiger partial charge in [-0.15, -0.1) is 0 Å². The fraction of sp³-hybridized carbons (Fsp3) is 0.355. The van der Waals surface area contributed by atoms with Crippen LogP contribution < -0.4 is 5.84 Å². The third-order valence-electron chi connectivity index (χ3n) is 7.33. The Balaban J connectivity index is 1.69. The van der Waals surface area contributed by atoms with Crippen molar-refractivity contribution in [1.82, 2.24) is 9.31 Å². The Morgan fingerprint density at radius 2 is 1.62 bits per heavy atom. The van der Waals surface area contributed by atoms with Crippen LogP contribution in [-0.2, 0) is 23.0 Å². The van der Waals surface area contributed by atoms with Gasteiger partial charge < -0.3 is 4.90 Å². The van der Waals surface area contributed by atoms with E-state index in [9.17, 15) is 8.42 Å². The van der Waals surface area contributed by atoms with Crippen molar-refractivity contribution in [3.8, 4) is 11.1 Å². The Hall–Kier alpha value is -2.93. The highest BCUT2D eigenvalue weighted by Crippen LogP contribution is 2.39. The van der Waals surface area contributed by atoms with Crippen molar-refractivity contribution < 1.29 is 8.42 Å². The summed E-state index contributed by atoms with van der Waals surface area (Å²) in [6.07, 6.45) is 2.48. The summed E-state index contributed by atoms with van der Waals surface area (Å²) in [7, 11) is 0.0926. The fourth-order valence-corrected chi connectivity index (χ4v) is 6.24. The minimum atomic E-state index is -3.87. The molecule has 37 heavy (non-hydrogen) atoms. The highest BCUT2D eigenvalue weighted by Gasteiger charge is 2.30. The summed E-state index contributed by atoms with van der Waals surface area (Å²) in [4.78, 5) is 2.24. The molecular weight excluding hydrogens is 478 g/mol. The van der Waals surface area contributed by atoms with E-state index >= 15 is 0 Å². The van der Waals surface area contributed by atoms with Gasteiger partial charge in [0.25, 0.3) is 10.0 Å². The van der Waals surface area contributed by atoms with Gasteiger partial charge in [0, 0.05) is 24.6 Å². The molecule has 0 bridgehead atoms. The van der Waals surface area contributed by atoms with E-state index in [-0.39, 0.29) is 10.8 Å². The zero-order valence-electron chi connectivity index (χ0n) is 23.0. The van der Waals surface area contributed by atoms with E-state index in [1.807, 2.05) is 37.2 Å². The molecule has 0 saturated carbocycles. The molecule has 1 aliphatic rings. The van der Waals surface area contributed by atoms with Crippen LogP contribution in [0.5, 0.6) is 0 Å². The average Bonchev–Trinajstić information content (AvgIpc) is 2.84. The molecule has 6 heteroatoms. The van der Waals surface area contributed by atoms with Gasteiger partial charge in [-0.25, -0.2) is 10.3 Å². The smallest absolute Gasteiger partial charge is 0.277 e.